The SMILES string of the molecule is CC1C=CCCC1(COC(=O)C(C)(C)C)[N+](=O)[O-]. The minimum Gasteiger partial charge on any atom is -0.458 e. The van der Waals surface area contributed by atoms with Crippen molar-refractivity contribution in [1.82, 2.24) is 0 Å². The summed E-state index contributed by atoms with van der Waals surface area (Å²) in [5.41, 5.74) is -1.80. The van der Waals surface area contributed by atoms with Gasteiger partial charge in [-0.05, 0) is 27.2 Å². The number of carbonyl (C=O) groups excluding carboxylic acids is 1. The lowest BCUT2D eigenvalue weighted by Gasteiger charge is -2.32. The highest BCUT2D eigenvalue weighted by atomic mass is 16.6. The van der Waals surface area contributed by atoms with Crippen LogP contribution >= 0.6 is 0 Å². The number of nitrogens with zero attached hydrogens (tertiary/aromatic N) is 1. The summed E-state index contributed by atoms with van der Waals surface area (Å²) in [5.74, 6) is -0.625. The molecule has 0 saturated heterocycles. The normalized spacial score (nSPS) is 27.9. The Bertz CT molecular complexity index is 370. The van der Waals surface area contributed by atoms with Gasteiger partial charge in [0, 0.05) is 17.3 Å². The Balaban J connectivity index is 2.80. The molecule has 0 aromatic rings. The number of carbonyl (C=O) groups is 1. The average Bonchev–Trinajstić information content (AvgIpc) is 2.26. The highest BCUT2D eigenvalue weighted by Gasteiger charge is 2.49. The maximum atomic E-state index is 11.7. The van der Waals surface area contributed by atoms with Gasteiger partial charge >= 0.3 is 5.97 Å². The van der Waals surface area contributed by atoms with E-state index < -0.39 is 16.9 Å². The van der Waals surface area contributed by atoms with Gasteiger partial charge in [0.2, 0.25) is 0 Å². The Hall–Kier alpha value is -1.39. The molecule has 0 radical (unpaired) electrons. The van der Waals surface area contributed by atoms with Crippen LogP contribution in [0.1, 0.15) is 40.5 Å². The van der Waals surface area contributed by atoms with Gasteiger partial charge in [0.1, 0.15) is 0 Å². The zero-order chi connectivity index (χ0) is 14.0. The number of ether oxygens (including phenoxy) is 1. The molecule has 18 heavy (non-hydrogen) atoms. The van der Waals surface area contributed by atoms with Crippen LogP contribution in [0.3, 0.4) is 0 Å². The molecule has 5 heteroatoms. The minimum absolute atomic E-state index is 0.151. The standard InChI is InChI=1S/C13H21NO4/c1-10-7-5-6-8-13(10,14(16)17)9-18-11(15)12(2,3)4/h5,7,10H,6,8-9H2,1-4H3. The molecule has 0 amide bonds. The number of hydrogen-bond donors (Lipinski definition) is 0. The maximum absolute atomic E-state index is 11.7. The largest absolute Gasteiger partial charge is 0.458 e. The fourth-order valence-electron chi connectivity index (χ4n) is 1.96. The summed E-state index contributed by atoms with van der Waals surface area (Å²) in [6.45, 7) is 6.85. The summed E-state index contributed by atoms with van der Waals surface area (Å²) < 4.78 is 5.17. The van der Waals surface area contributed by atoms with Crippen molar-refractivity contribution in [2.45, 2.75) is 46.1 Å². The van der Waals surface area contributed by atoms with Crippen LogP contribution in [0, 0.1) is 21.4 Å². The van der Waals surface area contributed by atoms with E-state index in [1.165, 1.54) is 0 Å². The van der Waals surface area contributed by atoms with Gasteiger partial charge in [0.25, 0.3) is 5.54 Å². The zero-order valence-corrected chi connectivity index (χ0v) is 11.4. The second-order valence-corrected chi connectivity index (χ2v) is 5.94. The first kappa shape index (κ1) is 14.7. The Morgan fingerprint density at radius 2 is 2.17 bits per heavy atom. The summed E-state index contributed by atoms with van der Waals surface area (Å²) in [6, 6.07) is 0. The van der Waals surface area contributed by atoms with E-state index >= 15 is 0 Å². The molecule has 0 N–H and O–H groups in total. The third kappa shape index (κ3) is 2.89. The summed E-state index contributed by atoms with van der Waals surface area (Å²) in [6.07, 6.45) is 4.84. The van der Waals surface area contributed by atoms with Crippen LogP contribution in [0.4, 0.5) is 0 Å². The zero-order valence-electron chi connectivity index (χ0n) is 11.4. The predicted molar refractivity (Wildman–Crippen MR) is 67.7 cm³/mol. The summed E-state index contributed by atoms with van der Waals surface area (Å²) >= 11 is 0. The Kier molecular flexibility index (Phi) is 4.14. The molecule has 2 atom stereocenters. The highest BCUT2D eigenvalue weighted by molar-refractivity contribution is 5.75. The van der Waals surface area contributed by atoms with E-state index in [2.05, 4.69) is 0 Å². The first-order valence-corrected chi connectivity index (χ1v) is 6.18. The molecular weight excluding hydrogens is 234 g/mol. The topological polar surface area (TPSA) is 69.4 Å². The molecule has 2 unspecified atom stereocenters. The molecule has 0 bridgehead atoms. The first-order chi connectivity index (χ1) is 8.20. The number of allylic oxidation sites excluding steroid dienone is 1. The Morgan fingerprint density at radius 1 is 1.56 bits per heavy atom. The van der Waals surface area contributed by atoms with E-state index in [-0.39, 0.29) is 17.4 Å². The minimum atomic E-state index is -1.17. The number of nitro groups is 1. The molecule has 0 saturated carbocycles. The molecular formula is C13H21NO4. The molecule has 1 rings (SSSR count). The molecule has 1 aliphatic rings. The third-order valence-corrected chi connectivity index (χ3v) is 3.45. The van der Waals surface area contributed by atoms with E-state index in [1.807, 2.05) is 12.2 Å². The van der Waals surface area contributed by atoms with Gasteiger partial charge in [-0.2, -0.15) is 0 Å². The molecule has 0 aliphatic heterocycles. The molecule has 0 spiro atoms. The number of rotatable bonds is 3. The van der Waals surface area contributed by atoms with Crippen molar-refractivity contribution in [3.63, 3.8) is 0 Å². The van der Waals surface area contributed by atoms with E-state index in [1.54, 1.807) is 27.7 Å². The van der Waals surface area contributed by atoms with Crippen molar-refractivity contribution < 1.29 is 14.5 Å². The molecule has 0 heterocycles. The number of hydrogen-bond acceptors (Lipinski definition) is 4. The molecule has 1 aliphatic carbocycles. The van der Waals surface area contributed by atoms with Crippen molar-refractivity contribution >= 4 is 5.97 Å². The van der Waals surface area contributed by atoms with Crippen molar-refractivity contribution in [1.29, 1.82) is 0 Å². The van der Waals surface area contributed by atoms with E-state index in [0.717, 1.165) is 0 Å². The molecule has 0 aromatic carbocycles. The van der Waals surface area contributed by atoms with E-state index in [0.29, 0.717) is 12.8 Å². The summed E-state index contributed by atoms with van der Waals surface area (Å²) in [5, 5.41) is 11.3. The monoisotopic (exact) mass is 255 g/mol. The van der Waals surface area contributed by atoms with Crippen LogP contribution in [-0.4, -0.2) is 23.0 Å². The Labute approximate surface area is 107 Å². The molecule has 5 nitrogen and oxygen atoms in total. The van der Waals surface area contributed by atoms with Gasteiger partial charge in [0.15, 0.2) is 6.61 Å². The summed E-state index contributed by atoms with van der Waals surface area (Å²) in [4.78, 5) is 22.8. The second-order valence-electron chi connectivity index (χ2n) is 5.94. The highest BCUT2D eigenvalue weighted by Crippen LogP contribution is 2.33. The van der Waals surface area contributed by atoms with Crippen LogP contribution in [0.25, 0.3) is 0 Å². The third-order valence-electron chi connectivity index (χ3n) is 3.45. The lowest BCUT2D eigenvalue weighted by molar-refractivity contribution is -0.583. The lowest BCUT2D eigenvalue weighted by Crippen LogP contribution is -2.50. The fraction of sp³-hybridized carbons (Fsp3) is 0.769. The van der Waals surface area contributed by atoms with Crippen molar-refractivity contribution in [3.05, 3.63) is 22.3 Å². The van der Waals surface area contributed by atoms with Gasteiger partial charge in [-0.3, -0.25) is 14.9 Å². The van der Waals surface area contributed by atoms with Crippen LogP contribution in [0.15, 0.2) is 12.2 Å². The Morgan fingerprint density at radius 3 is 2.61 bits per heavy atom. The van der Waals surface area contributed by atoms with Gasteiger partial charge in [-0.15, -0.1) is 0 Å². The van der Waals surface area contributed by atoms with Crippen LogP contribution in [0.5, 0.6) is 0 Å². The predicted octanol–water partition coefficient (Wildman–Crippen LogP) is 2.58. The van der Waals surface area contributed by atoms with E-state index in [9.17, 15) is 14.9 Å². The molecule has 102 valence electrons. The number of esters is 1. The lowest BCUT2D eigenvalue weighted by atomic mass is 9.78. The smallest absolute Gasteiger partial charge is 0.311 e. The van der Waals surface area contributed by atoms with Crippen LogP contribution < -0.4 is 0 Å². The van der Waals surface area contributed by atoms with Crippen LogP contribution in [-0.2, 0) is 9.53 Å². The van der Waals surface area contributed by atoms with Crippen molar-refractivity contribution in [3.8, 4) is 0 Å². The average molecular weight is 255 g/mol. The van der Waals surface area contributed by atoms with E-state index in [4.69, 9.17) is 4.74 Å². The molecule has 0 aromatic heterocycles. The van der Waals surface area contributed by atoms with Crippen molar-refractivity contribution in [2.24, 2.45) is 11.3 Å². The summed E-state index contributed by atoms with van der Waals surface area (Å²) in [7, 11) is 0. The fourth-order valence-corrected chi connectivity index (χ4v) is 1.96. The van der Waals surface area contributed by atoms with Gasteiger partial charge in [-0.25, -0.2) is 0 Å². The first-order valence-electron chi connectivity index (χ1n) is 6.18. The van der Waals surface area contributed by atoms with Crippen molar-refractivity contribution in [2.75, 3.05) is 6.61 Å². The maximum Gasteiger partial charge on any atom is 0.311 e. The van der Waals surface area contributed by atoms with Gasteiger partial charge in [0.05, 0.1) is 5.41 Å². The molecule has 0 fully saturated rings. The van der Waals surface area contributed by atoms with Crippen LogP contribution in [0.2, 0.25) is 0 Å². The second kappa shape index (κ2) is 5.08. The van der Waals surface area contributed by atoms with Gasteiger partial charge < -0.3 is 4.74 Å². The quantitative estimate of drug-likeness (QED) is 0.336. The van der Waals surface area contributed by atoms with Gasteiger partial charge in [-0.1, -0.05) is 19.1 Å².